The number of pyridine rings is 1. The molecule has 1 aromatic rings. The van der Waals surface area contributed by atoms with E-state index in [2.05, 4.69) is 10.3 Å². The predicted molar refractivity (Wildman–Crippen MR) is 66.0 cm³/mol. The van der Waals surface area contributed by atoms with Gasteiger partial charge in [0.1, 0.15) is 10.3 Å². The Morgan fingerprint density at radius 2 is 2.29 bits per heavy atom. The summed E-state index contributed by atoms with van der Waals surface area (Å²) in [4.78, 5) is 15.6. The molecule has 1 atom stereocenters. The zero-order valence-electron chi connectivity index (χ0n) is 9.20. The highest BCUT2D eigenvalue weighted by Gasteiger charge is 2.15. The minimum atomic E-state index is -0.346. The van der Waals surface area contributed by atoms with Crippen LogP contribution in [-0.2, 0) is 0 Å². The molecule has 1 unspecified atom stereocenters. The first kappa shape index (κ1) is 13.8. The van der Waals surface area contributed by atoms with Crippen LogP contribution in [0.4, 0.5) is 0 Å². The highest BCUT2D eigenvalue weighted by Crippen LogP contribution is 2.16. The van der Waals surface area contributed by atoms with Crippen molar-refractivity contribution in [2.75, 3.05) is 0 Å². The molecule has 1 aromatic heterocycles. The largest absolute Gasteiger partial charge is 0.348 e. The molecule has 1 rings (SSSR count). The van der Waals surface area contributed by atoms with E-state index in [0.29, 0.717) is 6.42 Å². The Morgan fingerprint density at radius 3 is 2.82 bits per heavy atom. The molecule has 0 aromatic carbocycles. The van der Waals surface area contributed by atoms with E-state index in [1.54, 1.807) is 0 Å². The van der Waals surface area contributed by atoms with Gasteiger partial charge in [-0.15, -0.1) is 0 Å². The van der Waals surface area contributed by atoms with Crippen molar-refractivity contribution in [1.29, 1.82) is 5.26 Å². The van der Waals surface area contributed by atoms with Crippen molar-refractivity contribution < 1.29 is 4.79 Å². The molecule has 4 nitrogen and oxygen atoms in total. The maximum atomic E-state index is 11.8. The zero-order chi connectivity index (χ0) is 12.8. The highest BCUT2D eigenvalue weighted by molar-refractivity contribution is 6.34. The average Bonchev–Trinajstić information content (AvgIpc) is 2.28. The van der Waals surface area contributed by atoms with E-state index in [1.807, 2.05) is 13.0 Å². The van der Waals surface area contributed by atoms with Crippen LogP contribution in [0.3, 0.4) is 0 Å². The molecule has 0 saturated heterocycles. The summed E-state index contributed by atoms with van der Waals surface area (Å²) in [6, 6.07) is 4.83. The number of hydrogen-bond donors (Lipinski definition) is 1. The lowest BCUT2D eigenvalue weighted by Crippen LogP contribution is -2.34. The van der Waals surface area contributed by atoms with E-state index in [9.17, 15) is 4.79 Å². The molecule has 0 aliphatic carbocycles. The lowest BCUT2D eigenvalue weighted by Gasteiger charge is -2.13. The predicted octanol–water partition coefficient (Wildman–Crippen LogP) is 2.81. The molecule has 0 aliphatic heterocycles. The van der Waals surface area contributed by atoms with E-state index in [1.165, 1.54) is 12.1 Å². The van der Waals surface area contributed by atoms with Crippen LogP contribution in [0, 0.1) is 11.3 Å². The molecule has 0 fully saturated rings. The van der Waals surface area contributed by atoms with Gasteiger partial charge in [0.2, 0.25) is 0 Å². The van der Waals surface area contributed by atoms with E-state index in [-0.39, 0.29) is 34.2 Å². The average molecular weight is 272 g/mol. The highest BCUT2D eigenvalue weighted by atomic mass is 35.5. The van der Waals surface area contributed by atoms with Gasteiger partial charge < -0.3 is 5.32 Å². The summed E-state index contributed by atoms with van der Waals surface area (Å²) >= 11 is 11.4. The number of carbonyl (C=O) groups excluding carboxylic acids is 1. The molecule has 0 aliphatic rings. The van der Waals surface area contributed by atoms with E-state index in [4.69, 9.17) is 28.5 Å². The number of aromatic nitrogens is 1. The summed E-state index contributed by atoms with van der Waals surface area (Å²) in [7, 11) is 0. The molecule has 6 heteroatoms. The Kier molecular flexibility index (Phi) is 5.20. The van der Waals surface area contributed by atoms with Crippen LogP contribution in [-0.4, -0.2) is 16.9 Å². The maximum absolute atomic E-state index is 11.8. The Bertz CT molecular complexity index is 457. The third-order valence-corrected chi connectivity index (χ3v) is 2.72. The molecule has 1 amide bonds. The van der Waals surface area contributed by atoms with Crippen LogP contribution < -0.4 is 5.32 Å². The van der Waals surface area contributed by atoms with Crippen molar-refractivity contribution in [2.45, 2.75) is 25.8 Å². The van der Waals surface area contributed by atoms with Gasteiger partial charge in [-0.3, -0.25) is 4.79 Å². The van der Waals surface area contributed by atoms with Crippen LogP contribution in [0.5, 0.6) is 0 Å². The Morgan fingerprint density at radius 1 is 1.59 bits per heavy atom. The first-order valence-corrected chi connectivity index (χ1v) is 5.84. The SMILES string of the molecule is CCC(CC#N)NC(=O)c1ccc(Cl)nc1Cl. The van der Waals surface area contributed by atoms with Crippen molar-refractivity contribution in [3.63, 3.8) is 0 Å². The molecule has 0 bridgehead atoms. The quantitative estimate of drug-likeness (QED) is 0.857. The fourth-order valence-corrected chi connectivity index (χ4v) is 1.68. The van der Waals surface area contributed by atoms with Gasteiger partial charge in [-0.25, -0.2) is 4.98 Å². The van der Waals surface area contributed by atoms with Crippen LogP contribution in [0.25, 0.3) is 0 Å². The standard InChI is InChI=1S/C11H11Cl2N3O/c1-2-7(5-6-14)15-11(17)8-3-4-9(12)16-10(8)13/h3-4,7H,2,5H2,1H3,(H,15,17). The molecule has 0 spiro atoms. The second-order valence-corrected chi connectivity index (χ2v) is 4.16. The smallest absolute Gasteiger partial charge is 0.254 e. The molecule has 1 N–H and O–H groups in total. The molecular weight excluding hydrogens is 261 g/mol. The summed E-state index contributed by atoms with van der Waals surface area (Å²) < 4.78 is 0. The summed E-state index contributed by atoms with van der Waals surface area (Å²) in [5.41, 5.74) is 0.257. The third-order valence-electron chi connectivity index (χ3n) is 2.23. The Hall–Kier alpha value is -1.31. The Balaban J connectivity index is 2.79. The van der Waals surface area contributed by atoms with Crippen LogP contribution in [0.1, 0.15) is 30.1 Å². The molecule has 17 heavy (non-hydrogen) atoms. The van der Waals surface area contributed by atoms with Crippen LogP contribution in [0.15, 0.2) is 12.1 Å². The number of rotatable bonds is 4. The number of hydrogen-bond acceptors (Lipinski definition) is 3. The Labute approximate surface area is 110 Å². The van der Waals surface area contributed by atoms with Crippen molar-refractivity contribution in [3.05, 3.63) is 28.0 Å². The van der Waals surface area contributed by atoms with Gasteiger partial charge in [-0.1, -0.05) is 30.1 Å². The molecule has 0 saturated carbocycles. The first-order valence-electron chi connectivity index (χ1n) is 5.08. The topological polar surface area (TPSA) is 65.8 Å². The van der Waals surface area contributed by atoms with Crippen LogP contribution in [0.2, 0.25) is 10.3 Å². The minimum absolute atomic E-state index is 0.0572. The van der Waals surface area contributed by atoms with Gasteiger partial charge in [0.05, 0.1) is 18.1 Å². The number of halogens is 2. The fourth-order valence-electron chi connectivity index (χ4n) is 1.25. The monoisotopic (exact) mass is 271 g/mol. The lowest BCUT2D eigenvalue weighted by atomic mass is 10.1. The summed E-state index contributed by atoms with van der Waals surface area (Å²) in [6.45, 7) is 1.89. The molecular formula is C11H11Cl2N3O. The molecule has 0 radical (unpaired) electrons. The number of amides is 1. The van der Waals surface area contributed by atoms with Crippen molar-refractivity contribution in [1.82, 2.24) is 10.3 Å². The van der Waals surface area contributed by atoms with E-state index >= 15 is 0 Å². The minimum Gasteiger partial charge on any atom is -0.348 e. The van der Waals surface area contributed by atoms with Gasteiger partial charge in [0, 0.05) is 6.04 Å². The summed E-state index contributed by atoms with van der Waals surface area (Å²) in [5, 5.41) is 11.6. The first-order chi connectivity index (χ1) is 8.08. The van der Waals surface area contributed by atoms with E-state index < -0.39 is 0 Å². The van der Waals surface area contributed by atoms with Gasteiger partial charge >= 0.3 is 0 Å². The number of nitriles is 1. The zero-order valence-corrected chi connectivity index (χ0v) is 10.7. The molecule has 1 heterocycles. The third kappa shape index (κ3) is 3.88. The van der Waals surface area contributed by atoms with Crippen LogP contribution >= 0.6 is 23.2 Å². The van der Waals surface area contributed by atoms with E-state index in [0.717, 1.165) is 0 Å². The summed E-state index contributed by atoms with van der Waals surface area (Å²) in [5.74, 6) is -0.346. The maximum Gasteiger partial charge on any atom is 0.254 e. The van der Waals surface area contributed by atoms with Crippen molar-refractivity contribution in [3.8, 4) is 6.07 Å². The normalized spacial score (nSPS) is 11.6. The van der Waals surface area contributed by atoms with Crippen molar-refractivity contribution >= 4 is 29.1 Å². The van der Waals surface area contributed by atoms with Gasteiger partial charge in [0.15, 0.2) is 0 Å². The van der Waals surface area contributed by atoms with Crippen molar-refractivity contribution in [2.24, 2.45) is 0 Å². The van der Waals surface area contributed by atoms with Gasteiger partial charge in [-0.05, 0) is 18.6 Å². The van der Waals surface area contributed by atoms with Gasteiger partial charge in [-0.2, -0.15) is 5.26 Å². The lowest BCUT2D eigenvalue weighted by molar-refractivity contribution is 0.0936. The second kappa shape index (κ2) is 6.43. The molecule has 90 valence electrons. The van der Waals surface area contributed by atoms with Gasteiger partial charge in [0.25, 0.3) is 5.91 Å². The summed E-state index contributed by atoms with van der Waals surface area (Å²) in [6.07, 6.45) is 0.943. The fraction of sp³-hybridized carbons (Fsp3) is 0.364. The number of nitrogens with zero attached hydrogens (tertiary/aromatic N) is 2. The number of carbonyl (C=O) groups is 1. The second-order valence-electron chi connectivity index (χ2n) is 3.41. The number of nitrogens with one attached hydrogen (secondary N) is 1.